The van der Waals surface area contributed by atoms with E-state index in [1.807, 2.05) is 0 Å². The van der Waals surface area contributed by atoms with E-state index in [2.05, 4.69) is 69.4 Å². The minimum absolute atomic E-state index is 0.0796. The zero-order valence-corrected chi connectivity index (χ0v) is 46.1. The van der Waals surface area contributed by atoms with Crippen molar-refractivity contribution in [2.24, 2.45) is 0 Å². The van der Waals surface area contributed by atoms with Gasteiger partial charge in [-0.25, -0.2) is 0 Å². The van der Waals surface area contributed by atoms with Crippen molar-refractivity contribution in [3.05, 3.63) is 48.6 Å². The molecule has 6 heteroatoms. The van der Waals surface area contributed by atoms with Gasteiger partial charge in [-0.2, -0.15) is 0 Å². The fraction of sp³-hybridized carbons (Fsp3) is 0.825. The summed E-state index contributed by atoms with van der Waals surface area (Å²) >= 11 is 0. The molecule has 0 aliphatic rings. The number of allylic oxidation sites excluding steroid dienone is 8. The van der Waals surface area contributed by atoms with Crippen LogP contribution in [0.25, 0.3) is 0 Å². The third kappa shape index (κ3) is 56.2. The van der Waals surface area contributed by atoms with Crippen LogP contribution in [0.3, 0.4) is 0 Å². The third-order valence-corrected chi connectivity index (χ3v) is 13.3. The SMILES string of the molecule is CCCCC/C=C\C=C/CCCCCCCCCCCCC(=O)OCC(COC(=O)CCCCC/C=C\CCCCCCCC)OC(=O)CCCCCCCCC/C=C\CCCCCCCCCC. The summed E-state index contributed by atoms with van der Waals surface area (Å²) in [6.07, 6.45) is 71.0. The van der Waals surface area contributed by atoms with Crippen LogP contribution in [-0.2, 0) is 28.6 Å². The number of hydrogen-bond acceptors (Lipinski definition) is 6. The Bertz CT molecular complexity index is 1200. The lowest BCUT2D eigenvalue weighted by Crippen LogP contribution is -2.30. The minimum atomic E-state index is -0.782. The van der Waals surface area contributed by atoms with Gasteiger partial charge in [0.05, 0.1) is 0 Å². The van der Waals surface area contributed by atoms with E-state index in [4.69, 9.17) is 14.2 Å². The molecule has 69 heavy (non-hydrogen) atoms. The average Bonchev–Trinajstić information content (AvgIpc) is 3.35. The molecular weight excluding hydrogens is 853 g/mol. The molecule has 402 valence electrons. The first kappa shape index (κ1) is 66.4. The van der Waals surface area contributed by atoms with Gasteiger partial charge < -0.3 is 14.2 Å². The molecule has 0 saturated carbocycles. The second-order valence-electron chi connectivity index (χ2n) is 20.3. The number of hydrogen-bond donors (Lipinski definition) is 0. The molecule has 0 N–H and O–H groups in total. The van der Waals surface area contributed by atoms with Gasteiger partial charge in [0.2, 0.25) is 0 Å². The molecule has 0 spiro atoms. The molecule has 0 aromatic heterocycles. The number of rotatable bonds is 55. The molecule has 0 heterocycles. The van der Waals surface area contributed by atoms with Gasteiger partial charge in [-0.1, -0.05) is 249 Å². The minimum Gasteiger partial charge on any atom is -0.462 e. The highest BCUT2D eigenvalue weighted by Gasteiger charge is 2.19. The first-order valence-electron chi connectivity index (χ1n) is 30.2. The predicted octanol–water partition coefficient (Wildman–Crippen LogP) is 20.2. The van der Waals surface area contributed by atoms with Crippen LogP contribution in [0, 0.1) is 0 Å². The molecule has 1 unspecified atom stereocenters. The van der Waals surface area contributed by atoms with Gasteiger partial charge in [0.1, 0.15) is 13.2 Å². The van der Waals surface area contributed by atoms with E-state index in [0.717, 1.165) is 70.6 Å². The molecule has 0 rings (SSSR count). The van der Waals surface area contributed by atoms with Crippen molar-refractivity contribution in [3.63, 3.8) is 0 Å². The molecule has 0 aromatic carbocycles. The fourth-order valence-corrected chi connectivity index (χ4v) is 8.72. The maximum absolute atomic E-state index is 12.9. The fourth-order valence-electron chi connectivity index (χ4n) is 8.72. The molecule has 0 fully saturated rings. The van der Waals surface area contributed by atoms with Gasteiger partial charge >= 0.3 is 17.9 Å². The summed E-state index contributed by atoms with van der Waals surface area (Å²) in [4.78, 5) is 38.2. The number of unbranched alkanes of at least 4 members (excludes halogenated alkanes) is 37. The van der Waals surface area contributed by atoms with Crippen LogP contribution in [0.4, 0.5) is 0 Å². The summed E-state index contributed by atoms with van der Waals surface area (Å²) < 4.78 is 16.9. The van der Waals surface area contributed by atoms with Crippen LogP contribution < -0.4 is 0 Å². The molecule has 6 nitrogen and oxygen atoms in total. The van der Waals surface area contributed by atoms with Crippen LogP contribution in [-0.4, -0.2) is 37.2 Å². The maximum Gasteiger partial charge on any atom is 0.306 e. The molecule has 0 saturated heterocycles. The predicted molar refractivity (Wildman–Crippen MR) is 298 cm³/mol. The summed E-state index contributed by atoms with van der Waals surface area (Å²) in [5, 5.41) is 0. The lowest BCUT2D eigenvalue weighted by Gasteiger charge is -2.18. The zero-order chi connectivity index (χ0) is 50.0. The Morgan fingerprint density at radius 3 is 0.855 bits per heavy atom. The van der Waals surface area contributed by atoms with E-state index in [9.17, 15) is 14.4 Å². The first-order valence-corrected chi connectivity index (χ1v) is 30.2. The summed E-state index contributed by atoms with van der Waals surface area (Å²) in [5.74, 6) is -0.889. The van der Waals surface area contributed by atoms with Gasteiger partial charge in [-0.05, 0) is 96.3 Å². The summed E-state index contributed by atoms with van der Waals surface area (Å²) in [7, 11) is 0. The Balaban J connectivity index is 4.35. The molecular formula is C63H114O6. The lowest BCUT2D eigenvalue weighted by atomic mass is 10.1. The van der Waals surface area contributed by atoms with E-state index in [1.54, 1.807) is 0 Å². The van der Waals surface area contributed by atoms with Crippen molar-refractivity contribution in [2.45, 2.75) is 322 Å². The van der Waals surface area contributed by atoms with Crippen LogP contribution in [0.2, 0.25) is 0 Å². The molecule has 0 aliphatic heterocycles. The molecule has 0 aliphatic carbocycles. The van der Waals surface area contributed by atoms with Crippen molar-refractivity contribution in [1.82, 2.24) is 0 Å². The van der Waals surface area contributed by atoms with E-state index in [0.29, 0.717) is 19.3 Å². The topological polar surface area (TPSA) is 78.9 Å². The van der Waals surface area contributed by atoms with Crippen LogP contribution in [0.1, 0.15) is 316 Å². The number of esters is 3. The Hall–Kier alpha value is -2.63. The smallest absolute Gasteiger partial charge is 0.306 e. The van der Waals surface area contributed by atoms with Crippen molar-refractivity contribution < 1.29 is 28.6 Å². The highest BCUT2D eigenvalue weighted by molar-refractivity contribution is 5.71. The van der Waals surface area contributed by atoms with Gasteiger partial charge in [0.25, 0.3) is 0 Å². The number of carbonyl (C=O) groups excluding carboxylic acids is 3. The van der Waals surface area contributed by atoms with Crippen LogP contribution >= 0.6 is 0 Å². The number of ether oxygens (including phenoxy) is 3. The monoisotopic (exact) mass is 967 g/mol. The first-order chi connectivity index (χ1) is 34.0. The second kappa shape index (κ2) is 57.9. The summed E-state index contributed by atoms with van der Waals surface area (Å²) in [5.41, 5.74) is 0. The molecule has 0 bridgehead atoms. The van der Waals surface area contributed by atoms with Crippen molar-refractivity contribution in [3.8, 4) is 0 Å². The van der Waals surface area contributed by atoms with E-state index < -0.39 is 6.10 Å². The van der Waals surface area contributed by atoms with Gasteiger partial charge in [0.15, 0.2) is 6.10 Å². The Morgan fingerprint density at radius 2 is 0.522 bits per heavy atom. The Morgan fingerprint density at radius 1 is 0.290 bits per heavy atom. The normalized spacial score (nSPS) is 12.3. The zero-order valence-electron chi connectivity index (χ0n) is 46.1. The molecule has 1 atom stereocenters. The van der Waals surface area contributed by atoms with Gasteiger partial charge in [-0.15, -0.1) is 0 Å². The average molecular weight is 968 g/mol. The van der Waals surface area contributed by atoms with Crippen LogP contribution in [0.15, 0.2) is 48.6 Å². The van der Waals surface area contributed by atoms with Gasteiger partial charge in [-0.3, -0.25) is 14.4 Å². The van der Waals surface area contributed by atoms with E-state index in [1.165, 1.54) is 205 Å². The third-order valence-electron chi connectivity index (χ3n) is 13.3. The largest absolute Gasteiger partial charge is 0.462 e. The summed E-state index contributed by atoms with van der Waals surface area (Å²) in [6.45, 7) is 6.62. The standard InChI is InChI=1S/C63H114O6/c1-4-7-10-13-16-19-22-25-27-29-31-33-35-38-41-44-47-50-53-56-62(65)68-59-60(58-67-61(64)55-52-49-46-43-40-37-24-21-18-15-12-9-6-3)69-63(66)57-54-51-48-45-42-39-36-34-32-30-28-26-23-20-17-14-11-8-5-2/h16,19,22,25,30,32,37,40,60H,4-15,17-18,20-21,23-24,26-29,31,33-36,38-39,41-59H2,1-3H3/b19-16-,25-22-,32-30-,40-37-. The van der Waals surface area contributed by atoms with Crippen LogP contribution in [0.5, 0.6) is 0 Å². The number of carbonyl (C=O) groups is 3. The second-order valence-corrected chi connectivity index (χ2v) is 20.3. The Kier molecular flexibility index (Phi) is 55.7. The molecule has 0 aromatic rings. The Labute approximate surface area is 428 Å². The molecule has 0 radical (unpaired) electrons. The highest BCUT2D eigenvalue weighted by Crippen LogP contribution is 2.16. The van der Waals surface area contributed by atoms with Crippen molar-refractivity contribution in [2.75, 3.05) is 13.2 Å². The van der Waals surface area contributed by atoms with E-state index >= 15 is 0 Å². The summed E-state index contributed by atoms with van der Waals surface area (Å²) in [6, 6.07) is 0. The molecule has 0 amide bonds. The van der Waals surface area contributed by atoms with Crippen molar-refractivity contribution >= 4 is 17.9 Å². The lowest BCUT2D eigenvalue weighted by molar-refractivity contribution is -0.167. The maximum atomic E-state index is 12.9. The van der Waals surface area contributed by atoms with Gasteiger partial charge in [0, 0.05) is 19.3 Å². The quantitative estimate of drug-likeness (QED) is 0.0199. The van der Waals surface area contributed by atoms with Crippen molar-refractivity contribution in [1.29, 1.82) is 0 Å². The highest BCUT2D eigenvalue weighted by atomic mass is 16.6. The van der Waals surface area contributed by atoms with E-state index in [-0.39, 0.29) is 31.1 Å².